The maximum Gasteiger partial charge on any atom is 0.407 e. The summed E-state index contributed by atoms with van der Waals surface area (Å²) in [5.41, 5.74) is 6.91. The summed E-state index contributed by atoms with van der Waals surface area (Å²) < 4.78 is 9.69. The highest BCUT2D eigenvalue weighted by molar-refractivity contribution is 5.92. The van der Waals surface area contributed by atoms with Gasteiger partial charge in [0.05, 0.1) is 49.2 Å². The second-order valence-electron chi connectivity index (χ2n) is 15.7. The molecule has 4 amide bonds. The number of alkyl carbamates (subject to hydrolysis) is 2. The number of hydrogen-bond acceptors (Lipinski definition) is 8. The topological polar surface area (TPSA) is 175 Å². The van der Waals surface area contributed by atoms with Crippen molar-refractivity contribution in [2.75, 3.05) is 27.3 Å². The van der Waals surface area contributed by atoms with Gasteiger partial charge >= 0.3 is 12.2 Å². The van der Waals surface area contributed by atoms with E-state index in [2.05, 4.69) is 69.1 Å². The van der Waals surface area contributed by atoms with Crippen LogP contribution in [-0.4, -0.2) is 81.0 Å². The molecule has 14 heteroatoms. The largest absolute Gasteiger partial charge is 0.453 e. The molecule has 7 aromatic rings. The fraction of sp³-hybridized carbons (Fsp3) is 0.250. The number of imidazole rings is 2. The lowest BCUT2D eigenvalue weighted by Crippen LogP contribution is -2.42. The highest BCUT2D eigenvalue weighted by atomic mass is 16.5. The minimum absolute atomic E-state index is 0.214. The van der Waals surface area contributed by atoms with Crippen molar-refractivity contribution in [3.63, 3.8) is 0 Å². The van der Waals surface area contributed by atoms with Crippen LogP contribution >= 0.6 is 0 Å². The molecule has 9 rings (SSSR count). The van der Waals surface area contributed by atoms with Gasteiger partial charge < -0.3 is 39.9 Å². The quantitative estimate of drug-likeness (QED) is 0.107. The van der Waals surface area contributed by atoms with Gasteiger partial charge in [0.25, 0.3) is 11.8 Å². The number of ether oxygens (including phenoxy) is 2. The SMILES string of the molecule is COC(=O)NC(C(=O)N1CCC[C@H]1c1ncc(-c2ccc3cc(-c4ccc5nc([C@@H]6CCCN6C(=O)C(NC(=O)OC)c6ccccc6)[nH]c5c4)ccc3c2)[nH]1)c1ccccc1. The van der Waals surface area contributed by atoms with Crippen LogP contribution in [0.2, 0.25) is 0 Å². The van der Waals surface area contributed by atoms with Crippen molar-refractivity contribution in [1.29, 1.82) is 0 Å². The third-order valence-electron chi connectivity index (χ3n) is 11.9. The van der Waals surface area contributed by atoms with Gasteiger partial charge in [-0.2, -0.15) is 0 Å². The maximum atomic E-state index is 14.0. The van der Waals surface area contributed by atoms with Crippen LogP contribution in [0.5, 0.6) is 0 Å². The molecule has 0 spiro atoms. The van der Waals surface area contributed by atoms with Gasteiger partial charge in [-0.15, -0.1) is 0 Å². The Morgan fingerprint density at radius 1 is 0.629 bits per heavy atom. The predicted molar refractivity (Wildman–Crippen MR) is 233 cm³/mol. The third-order valence-corrected chi connectivity index (χ3v) is 11.9. The molecule has 4 N–H and O–H groups in total. The van der Waals surface area contributed by atoms with Crippen molar-refractivity contribution < 1.29 is 28.7 Å². The lowest BCUT2D eigenvalue weighted by atomic mass is 9.99. The molecule has 5 aromatic carbocycles. The summed E-state index contributed by atoms with van der Waals surface area (Å²) in [6.45, 7) is 1.09. The Bertz CT molecular complexity index is 2770. The zero-order valence-electron chi connectivity index (χ0n) is 34.3. The standard InChI is InChI=1S/C48H46N8O6/c1-61-47(59)53-41(29-11-5-3-6-12-29)45(57)55-23-9-15-39(55)43-49-28-38(52-43)35-20-19-31-25-32(17-18-33(31)26-35)34-21-22-36-37(27-34)51-44(50-36)40-16-10-24-56(40)46(58)42(54-48(60)62-2)30-13-7-4-8-14-30/h3-8,11-14,17-22,25-28,39-42H,9-10,15-16,23-24H2,1-2H3,(H,49,52)(H,50,51)(H,53,59)(H,54,60)/t39-,40-,41?,42?/m0/s1. The molecule has 2 saturated heterocycles. The molecule has 314 valence electrons. The molecular weight excluding hydrogens is 785 g/mol. The number of aromatic nitrogens is 4. The Morgan fingerprint density at radius 3 is 1.73 bits per heavy atom. The lowest BCUT2D eigenvalue weighted by molar-refractivity contribution is -0.135. The highest BCUT2D eigenvalue weighted by Gasteiger charge is 2.38. The summed E-state index contributed by atoms with van der Waals surface area (Å²) in [6.07, 6.45) is 3.58. The predicted octanol–water partition coefficient (Wildman–Crippen LogP) is 8.29. The van der Waals surface area contributed by atoms with Gasteiger partial charge in [0.2, 0.25) is 0 Å². The van der Waals surface area contributed by atoms with E-state index in [1.54, 1.807) is 9.80 Å². The second-order valence-corrected chi connectivity index (χ2v) is 15.7. The zero-order valence-corrected chi connectivity index (χ0v) is 34.3. The van der Waals surface area contributed by atoms with Crippen LogP contribution in [0.1, 0.15) is 72.6 Å². The first-order chi connectivity index (χ1) is 30.3. The van der Waals surface area contributed by atoms with Crippen molar-refractivity contribution in [3.8, 4) is 22.4 Å². The molecule has 0 saturated carbocycles. The summed E-state index contributed by atoms with van der Waals surface area (Å²) in [6, 6.07) is 34.8. The van der Waals surface area contributed by atoms with E-state index >= 15 is 0 Å². The molecule has 2 fully saturated rings. The van der Waals surface area contributed by atoms with Gasteiger partial charge in [-0.05, 0) is 83.0 Å². The van der Waals surface area contributed by atoms with E-state index in [4.69, 9.17) is 19.4 Å². The first kappa shape index (κ1) is 40.0. The lowest BCUT2D eigenvalue weighted by Gasteiger charge is -2.28. The van der Waals surface area contributed by atoms with Crippen LogP contribution in [0.4, 0.5) is 9.59 Å². The van der Waals surface area contributed by atoms with Gasteiger partial charge in [-0.3, -0.25) is 9.59 Å². The Balaban J connectivity index is 0.915. The summed E-state index contributed by atoms with van der Waals surface area (Å²) >= 11 is 0. The van der Waals surface area contributed by atoms with E-state index in [0.29, 0.717) is 35.9 Å². The molecule has 14 nitrogen and oxygen atoms in total. The number of fused-ring (bicyclic) bond motifs is 2. The summed E-state index contributed by atoms with van der Waals surface area (Å²) in [7, 11) is 2.56. The minimum atomic E-state index is -0.890. The van der Waals surface area contributed by atoms with E-state index in [9.17, 15) is 19.2 Å². The Kier molecular flexibility index (Phi) is 11.1. The molecule has 4 atom stereocenters. The maximum absolute atomic E-state index is 14.0. The van der Waals surface area contributed by atoms with Crippen molar-refractivity contribution in [1.82, 2.24) is 40.4 Å². The molecule has 2 unspecified atom stereocenters. The van der Waals surface area contributed by atoms with E-state index in [1.807, 2.05) is 72.9 Å². The molecule has 2 aliphatic heterocycles. The minimum Gasteiger partial charge on any atom is -0.453 e. The number of aromatic amines is 2. The Morgan fingerprint density at radius 2 is 1.15 bits per heavy atom. The Labute approximate surface area is 357 Å². The third kappa shape index (κ3) is 7.94. The van der Waals surface area contributed by atoms with E-state index < -0.39 is 24.3 Å². The Hall–Kier alpha value is -7.48. The highest BCUT2D eigenvalue weighted by Crippen LogP contribution is 2.37. The molecule has 2 aromatic heterocycles. The van der Waals surface area contributed by atoms with E-state index in [1.165, 1.54) is 14.2 Å². The van der Waals surface area contributed by atoms with Crippen molar-refractivity contribution in [3.05, 3.63) is 144 Å². The normalized spacial score (nSPS) is 17.2. The van der Waals surface area contributed by atoms with Crippen molar-refractivity contribution >= 4 is 45.8 Å². The number of carbonyl (C=O) groups is 4. The molecule has 62 heavy (non-hydrogen) atoms. The first-order valence-electron chi connectivity index (χ1n) is 20.8. The summed E-state index contributed by atoms with van der Waals surface area (Å²) in [5, 5.41) is 7.58. The second kappa shape index (κ2) is 17.2. The van der Waals surface area contributed by atoms with Crippen molar-refractivity contribution in [2.45, 2.75) is 49.9 Å². The van der Waals surface area contributed by atoms with E-state index in [0.717, 1.165) is 69.9 Å². The number of nitrogens with zero attached hydrogens (tertiary/aromatic N) is 4. The number of carbonyl (C=O) groups excluding carboxylic acids is 4. The zero-order chi connectivity index (χ0) is 42.7. The molecule has 0 aliphatic carbocycles. The molecule has 4 heterocycles. The smallest absolute Gasteiger partial charge is 0.407 e. The molecule has 0 bridgehead atoms. The van der Waals surface area contributed by atoms with Crippen molar-refractivity contribution in [2.24, 2.45) is 0 Å². The summed E-state index contributed by atoms with van der Waals surface area (Å²) in [5.74, 6) is 0.975. The van der Waals surface area contributed by atoms with Crippen LogP contribution in [0, 0.1) is 0 Å². The van der Waals surface area contributed by atoms with Gasteiger partial charge in [0, 0.05) is 18.7 Å². The fourth-order valence-corrected chi connectivity index (χ4v) is 8.79. The van der Waals surface area contributed by atoms with Crippen LogP contribution in [0.15, 0.2) is 121 Å². The van der Waals surface area contributed by atoms with Gasteiger partial charge in [-0.1, -0.05) is 91.0 Å². The summed E-state index contributed by atoms with van der Waals surface area (Å²) in [4.78, 5) is 72.8. The first-order valence-corrected chi connectivity index (χ1v) is 20.8. The number of rotatable bonds is 10. The average molecular weight is 831 g/mol. The molecular formula is C48H46N8O6. The fourth-order valence-electron chi connectivity index (χ4n) is 8.79. The van der Waals surface area contributed by atoms with Gasteiger partial charge in [0.15, 0.2) is 0 Å². The number of amides is 4. The number of benzene rings is 5. The van der Waals surface area contributed by atoms with Gasteiger partial charge in [-0.25, -0.2) is 19.6 Å². The average Bonchev–Trinajstić information content (AvgIpc) is 4.16. The number of likely N-dealkylation sites (tertiary alicyclic amines) is 2. The molecule has 0 radical (unpaired) electrons. The number of methoxy groups -OCH3 is 2. The number of hydrogen-bond donors (Lipinski definition) is 4. The number of H-pyrrole nitrogens is 2. The number of nitrogens with one attached hydrogen (secondary N) is 4. The monoisotopic (exact) mass is 830 g/mol. The van der Waals surface area contributed by atoms with Gasteiger partial charge in [0.1, 0.15) is 23.7 Å². The van der Waals surface area contributed by atoms with Crippen LogP contribution in [0.25, 0.3) is 44.2 Å². The van der Waals surface area contributed by atoms with Crippen LogP contribution in [-0.2, 0) is 19.1 Å². The molecule has 2 aliphatic rings. The van der Waals surface area contributed by atoms with Crippen LogP contribution < -0.4 is 10.6 Å². The van der Waals surface area contributed by atoms with E-state index in [-0.39, 0.29) is 23.9 Å². The van der Waals surface area contributed by atoms with Crippen LogP contribution in [0.3, 0.4) is 0 Å².